The molecule has 1 aromatic rings. The van der Waals surface area contributed by atoms with Gasteiger partial charge in [0.05, 0.1) is 11.6 Å². The molecule has 0 radical (unpaired) electrons. The standard InChI is InChI=1S/C12H13NO/c1-10(14)5-4-8-11-6-2-3-7-12(11)9-13/h2-3,6-7H,4-5,8H2,1H3. The van der Waals surface area contributed by atoms with Crippen LogP contribution in [0.2, 0.25) is 0 Å². The average molecular weight is 187 g/mol. The summed E-state index contributed by atoms with van der Waals surface area (Å²) in [5.41, 5.74) is 1.76. The van der Waals surface area contributed by atoms with E-state index in [1.165, 1.54) is 0 Å². The molecule has 0 spiro atoms. The van der Waals surface area contributed by atoms with E-state index in [9.17, 15) is 4.79 Å². The minimum atomic E-state index is 0.208. The summed E-state index contributed by atoms with van der Waals surface area (Å²) in [6, 6.07) is 9.68. The molecular formula is C12H13NO. The molecule has 0 heterocycles. The van der Waals surface area contributed by atoms with Crippen LogP contribution in [0.25, 0.3) is 0 Å². The molecule has 0 amide bonds. The largest absolute Gasteiger partial charge is 0.300 e. The van der Waals surface area contributed by atoms with Crippen molar-refractivity contribution in [2.45, 2.75) is 26.2 Å². The van der Waals surface area contributed by atoms with Crippen molar-refractivity contribution in [3.8, 4) is 6.07 Å². The first kappa shape index (κ1) is 10.5. The number of carbonyl (C=O) groups is 1. The van der Waals surface area contributed by atoms with Gasteiger partial charge in [0.15, 0.2) is 0 Å². The van der Waals surface area contributed by atoms with Gasteiger partial charge in [0, 0.05) is 6.42 Å². The number of ketones is 1. The molecule has 0 fully saturated rings. The lowest BCUT2D eigenvalue weighted by Gasteiger charge is -2.01. The Labute approximate surface area is 84.2 Å². The normalized spacial score (nSPS) is 9.43. The lowest BCUT2D eigenvalue weighted by Crippen LogP contribution is -1.94. The summed E-state index contributed by atoms with van der Waals surface area (Å²) < 4.78 is 0. The fraction of sp³-hybridized carbons (Fsp3) is 0.333. The first-order chi connectivity index (χ1) is 6.74. The van der Waals surface area contributed by atoms with E-state index in [2.05, 4.69) is 6.07 Å². The molecule has 0 aromatic heterocycles. The highest BCUT2D eigenvalue weighted by Crippen LogP contribution is 2.10. The van der Waals surface area contributed by atoms with Gasteiger partial charge < -0.3 is 4.79 Å². The van der Waals surface area contributed by atoms with Gasteiger partial charge in [0.25, 0.3) is 0 Å². The van der Waals surface area contributed by atoms with E-state index < -0.39 is 0 Å². The van der Waals surface area contributed by atoms with Gasteiger partial charge >= 0.3 is 0 Å². The molecule has 0 N–H and O–H groups in total. The first-order valence-electron chi connectivity index (χ1n) is 4.71. The van der Waals surface area contributed by atoms with Crippen molar-refractivity contribution < 1.29 is 4.79 Å². The fourth-order valence-corrected chi connectivity index (χ4v) is 1.38. The van der Waals surface area contributed by atoms with Crippen molar-refractivity contribution in [3.63, 3.8) is 0 Å². The lowest BCUT2D eigenvalue weighted by molar-refractivity contribution is -0.117. The number of carbonyl (C=O) groups excluding carboxylic acids is 1. The number of nitrogens with zero attached hydrogens (tertiary/aromatic N) is 1. The van der Waals surface area contributed by atoms with E-state index in [-0.39, 0.29) is 5.78 Å². The van der Waals surface area contributed by atoms with Gasteiger partial charge in [0.1, 0.15) is 5.78 Å². The Hall–Kier alpha value is -1.62. The second kappa shape index (κ2) is 5.18. The summed E-state index contributed by atoms with van der Waals surface area (Å²) in [5.74, 6) is 0.208. The van der Waals surface area contributed by atoms with Crippen LogP contribution in [-0.2, 0) is 11.2 Å². The van der Waals surface area contributed by atoms with Crippen LogP contribution in [0.4, 0.5) is 0 Å². The third kappa shape index (κ3) is 3.02. The van der Waals surface area contributed by atoms with Crippen LogP contribution < -0.4 is 0 Å². The lowest BCUT2D eigenvalue weighted by atomic mass is 10.0. The highest BCUT2D eigenvalue weighted by molar-refractivity contribution is 5.75. The molecule has 0 bridgehead atoms. The minimum Gasteiger partial charge on any atom is -0.300 e. The maximum Gasteiger partial charge on any atom is 0.129 e. The number of rotatable bonds is 4. The molecule has 0 atom stereocenters. The predicted octanol–water partition coefficient (Wildman–Crippen LogP) is 2.47. The molecule has 0 aliphatic rings. The van der Waals surface area contributed by atoms with Crippen LogP contribution in [0, 0.1) is 11.3 Å². The van der Waals surface area contributed by atoms with Crippen molar-refractivity contribution in [3.05, 3.63) is 35.4 Å². The molecule has 0 aliphatic heterocycles. The van der Waals surface area contributed by atoms with Crippen LogP contribution in [0.1, 0.15) is 30.9 Å². The average Bonchev–Trinajstić information content (AvgIpc) is 2.18. The van der Waals surface area contributed by atoms with Crippen LogP contribution in [0.5, 0.6) is 0 Å². The zero-order chi connectivity index (χ0) is 10.4. The van der Waals surface area contributed by atoms with E-state index in [4.69, 9.17) is 5.26 Å². The Morgan fingerprint density at radius 1 is 1.43 bits per heavy atom. The predicted molar refractivity (Wildman–Crippen MR) is 54.8 cm³/mol. The summed E-state index contributed by atoms with van der Waals surface area (Å²) in [6.45, 7) is 1.59. The van der Waals surface area contributed by atoms with Crippen molar-refractivity contribution >= 4 is 5.78 Å². The highest BCUT2D eigenvalue weighted by atomic mass is 16.1. The smallest absolute Gasteiger partial charge is 0.129 e. The first-order valence-corrected chi connectivity index (χ1v) is 4.71. The number of Topliss-reactive ketones (excluding diaryl/α,β-unsaturated/α-hetero) is 1. The van der Waals surface area contributed by atoms with E-state index in [0.29, 0.717) is 6.42 Å². The third-order valence-corrected chi connectivity index (χ3v) is 2.11. The van der Waals surface area contributed by atoms with Crippen molar-refractivity contribution in [2.24, 2.45) is 0 Å². The van der Waals surface area contributed by atoms with E-state index in [1.807, 2.05) is 24.3 Å². The summed E-state index contributed by atoms with van der Waals surface area (Å²) >= 11 is 0. The molecule has 0 unspecified atom stereocenters. The molecule has 0 saturated heterocycles. The summed E-state index contributed by atoms with van der Waals surface area (Å²) in [6.07, 6.45) is 2.23. The van der Waals surface area contributed by atoms with Gasteiger partial charge in [-0.15, -0.1) is 0 Å². The molecule has 0 aliphatic carbocycles. The van der Waals surface area contributed by atoms with Gasteiger partial charge in [-0.1, -0.05) is 18.2 Å². The maximum absolute atomic E-state index is 10.7. The third-order valence-electron chi connectivity index (χ3n) is 2.11. The molecule has 1 aromatic carbocycles. The Kier molecular flexibility index (Phi) is 3.87. The number of hydrogen-bond acceptors (Lipinski definition) is 2. The zero-order valence-electron chi connectivity index (χ0n) is 8.29. The van der Waals surface area contributed by atoms with Crippen molar-refractivity contribution in [1.82, 2.24) is 0 Å². The minimum absolute atomic E-state index is 0.208. The van der Waals surface area contributed by atoms with Crippen LogP contribution in [-0.4, -0.2) is 5.78 Å². The summed E-state index contributed by atoms with van der Waals surface area (Å²) in [4.78, 5) is 10.7. The number of aryl methyl sites for hydroxylation is 1. The second-order valence-corrected chi connectivity index (χ2v) is 3.32. The number of hydrogen-bond donors (Lipinski definition) is 0. The molecule has 0 saturated carbocycles. The second-order valence-electron chi connectivity index (χ2n) is 3.32. The Morgan fingerprint density at radius 3 is 2.79 bits per heavy atom. The molecular weight excluding hydrogens is 174 g/mol. The van der Waals surface area contributed by atoms with E-state index in [1.54, 1.807) is 6.92 Å². The van der Waals surface area contributed by atoms with Crippen LogP contribution >= 0.6 is 0 Å². The van der Waals surface area contributed by atoms with Crippen molar-refractivity contribution in [2.75, 3.05) is 0 Å². The SMILES string of the molecule is CC(=O)CCCc1ccccc1C#N. The van der Waals surface area contributed by atoms with Gasteiger partial charge in [-0.05, 0) is 31.4 Å². The zero-order valence-corrected chi connectivity index (χ0v) is 8.29. The molecule has 2 heteroatoms. The number of nitriles is 1. The quantitative estimate of drug-likeness (QED) is 0.726. The Bertz CT molecular complexity index is 363. The molecule has 2 nitrogen and oxygen atoms in total. The Morgan fingerprint density at radius 2 is 2.14 bits per heavy atom. The number of benzene rings is 1. The molecule has 72 valence electrons. The highest BCUT2D eigenvalue weighted by Gasteiger charge is 2.01. The fourth-order valence-electron chi connectivity index (χ4n) is 1.38. The van der Waals surface area contributed by atoms with E-state index in [0.717, 1.165) is 24.0 Å². The van der Waals surface area contributed by atoms with Crippen LogP contribution in [0.3, 0.4) is 0 Å². The van der Waals surface area contributed by atoms with Crippen molar-refractivity contribution in [1.29, 1.82) is 5.26 Å². The molecule has 14 heavy (non-hydrogen) atoms. The van der Waals surface area contributed by atoms with Gasteiger partial charge in [-0.25, -0.2) is 0 Å². The van der Waals surface area contributed by atoms with Gasteiger partial charge in [0.2, 0.25) is 0 Å². The van der Waals surface area contributed by atoms with Gasteiger partial charge in [-0.2, -0.15) is 5.26 Å². The van der Waals surface area contributed by atoms with E-state index >= 15 is 0 Å². The Balaban J connectivity index is 2.59. The summed E-state index contributed by atoms with van der Waals surface area (Å²) in [7, 11) is 0. The topological polar surface area (TPSA) is 40.9 Å². The maximum atomic E-state index is 10.7. The van der Waals surface area contributed by atoms with Crippen LogP contribution in [0.15, 0.2) is 24.3 Å². The monoisotopic (exact) mass is 187 g/mol. The molecule has 1 rings (SSSR count). The van der Waals surface area contributed by atoms with Gasteiger partial charge in [-0.3, -0.25) is 0 Å². The summed E-state index contributed by atoms with van der Waals surface area (Å²) in [5, 5.41) is 8.81.